The van der Waals surface area contributed by atoms with Gasteiger partial charge in [-0.05, 0) is 31.6 Å². The van der Waals surface area contributed by atoms with Crippen LogP contribution in [-0.2, 0) is 9.59 Å². The molecule has 1 spiro atoms. The lowest BCUT2D eigenvalue weighted by Gasteiger charge is -2.33. The average molecular weight is 221 g/mol. The zero-order chi connectivity index (χ0) is 11.8. The van der Waals surface area contributed by atoms with Crippen LogP contribution in [0.15, 0.2) is 12.7 Å². The fraction of sp³-hybridized carbons (Fsp3) is 0.692. The van der Waals surface area contributed by atoms with Crippen molar-refractivity contribution in [3.05, 3.63) is 12.7 Å². The first kappa shape index (κ1) is 11.4. The van der Waals surface area contributed by atoms with Gasteiger partial charge in [0, 0.05) is 13.0 Å². The van der Waals surface area contributed by atoms with Crippen molar-refractivity contribution in [2.45, 2.75) is 39.0 Å². The number of nitrogens with zero attached hydrogens (tertiary/aromatic N) is 1. The van der Waals surface area contributed by atoms with E-state index in [0.29, 0.717) is 18.9 Å². The zero-order valence-electron chi connectivity index (χ0n) is 9.87. The van der Waals surface area contributed by atoms with Crippen molar-refractivity contribution in [1.29, 1.82) is 0 Å². The molecular weight excluding hydrogens is 202 g/mol. The molecule has 2 rings (SSSR count). The highest BCUT2D eigenvalue weighted by Gasteiger charge is 2.51. The lowest BCUT2D eigenvalue weighted by atomic mass is 9.70. The topological polar surface area (TPSA) is 37.4 Å². The zero-order valence-corrected chi connectivity index (χ0v) is 9.87. The van der Waals surface area contributed by atoms with Crippen LogP contribution in [0, 0.1) is 11.3 Å². The third-order valence-electron chi connectivity index (χ3n) is 4.03. The summed E-state index contributed by atoms with van der Waals surface area (Å²) < 4.78 is 0. The van der Waals surface area contributed by atoms with E-state index in [1.807, 2.05) is 0 Å². The molecule has 0 radical (unpaired) electrons. The van der Waals surface area contributed by atoms with Crippen molar-refractivity contribution in [3.8, 4) is 0 Å². The molecule has 0 unspecified atom stereocenters. The van der Waals surface area contributed by atoms with Gasteiger partial charge < -0.3 is 0 Å². The molecule has 0 atom stereocenters. The van der Waals surface area contributed by atoms with Gasteiger partial charge in [-0.15, -0.1) is 6.58 Å². The standard InChI is InChI=1S/C13H19NO2/c1-3-8-14-11(15)9-13(12(14)16)6-4-10(2)5-7-13/h3,10H,1,4-9H2,2H3. The maximum absolute atomic E-state index is 12.2. The van der Waals surface area contributed by atoms with Gasteiger partial charge in [0.2, 0.25) is 11.8 Å². The summed E-state index contributed by atoms with van der Waals surface area (Å²) in [5, 5.41) is 0. The van der Waals surface area contributed by atoms with E-state index in [-0.39, 0.29) is 17.2 Å². The van der Waals surface area contributed by atoms with Crippen LogP contribution in [0.25, 0.3) is 0 Å². The summed E-state index contributed by atoms with van der Waals surface area (Å²) in [5.41, 5.74) is -0.355. The highest BCUT2D eigenvalue weighted by Crippen LogP contribution is 2.46. The van der Waals surface area contributed by atoms with Crippen LogP contribution >= 0.6 is 0 Å². The van der Waals surface area contributed by atoms with E-state index in [0.717, 1.165) is 25.7 Å². The molecule has 1 aliphatic carbocycles. The van der Waals surface area contributed by atoms with Crippen LogP contribution in [-0.4, -0.2) is 23.3 Å². The molecule has 0 aromatic heterocycles. The van der Waals surface area contributed by atoms with Crippen molar-refractivity contribution in [2.24, 2.45) is 11.3 Å². The van der Waals surface area contributed by atoms with Gasteiger partial charge in [0.15, 0.2) is 0 Å². The molecule has 1 saturated carbocycles. The molecule has 2 aliphatic rings. The Morgan fingerprint density at radius 3 is 2.62 bits per heavy atom. The molecule has 1 heterocycles. The average Bonchev–Trinajstić information content (AvgIpc) is 2.49. The van der Waals surface area contributed by atoms with Gasteiger partial charge in [-0.1, -0.05) is 13.0 Å². The SMILES string of the molecule is C=CCN1C(=O)CC2(CCC(C)CC2)C1=O. The molecule has 0 aromatic carbocycles. The minimum absolute atomic E-state index is 0.0144. The van der Waals surface area contributed by atoms with Gasteiger partial charge in [-0.25, -0.2) is 0 Å². The number of hydrogen-bond acceptors (Lipinski definition) is 2. The number of amides is 2. The van der Waals surface area contributed by atoms with Crippen molar-refractivity contribution in [1.82, 2.24) is 4.90 Å². The van der Waals surface area contributed by atoms with Gasteiger partial charge in [0.25, 0.3) is 0 Å². The molecule has 0 N–H and O–H groups in total. The van der Waals surface area contributed by atoms with Crippen LogP contribution in [0.2, 0.25) is 0 Å². The second-order valence-electron chi connectivity index (χ2n) is 5.24. The smallest absolute Gasteiger partial charge is 0.236 e. The minimum Gasteiger partial charge on any atom is -0.278 e. The van der Waals surface area contributed by atoms with Crippen LogP contribution < -0.4 is 0 Å². The number of imide groups is 1. The van der Waals surface area contributed by atoms with E-state index >= 15 is 0 Å². The summed E-state index contributed by atoms with van der Waals surface area (Å²) in [6.07, 6.45) is 5.95. The molecule has 3 heteroatoms. The van der Waals surface area contributed by atoms with Crippen molar-refractivity contribution < 1.29 is 9.59 Å². The quantitative estimate of drug-likeness (QED) is 0.529. The maximum Gasteiger partial charge on any atom is 0.236 e. The maximum atomic E-state index is 12.2. The van der Waals surface area contributed by atoms with E-state index in [9.17, 15) is 9.59 Å². The largest absolute Gasteiger partial charge is 0.278 e. The molecule has 3 nitrogen and oxygen atoms in total. The number of carbonyl (C=O) groups is 2. The molecule has 0 aromatic rings. The van der Waals surface area contributed by atoms with Crippen molar-refractivity contribution in [2.75, 3.05) is 6.54 Å². The number of carbonyl (C=O) groups excluding carboxylic acids is 2. The van der Waals surface area contributed by atoms with Gasteiger partial charge in [0.1, 0.15) is 0 Å². The number of rotatable bonds is 2. The second-order valence-corrected chi connectivity index (χ2v) is 5.24. The van der Waals surface area contributed by atoms with Gasteiger partial charge in [0.05, 0.1) is 5.41 Å². The molecule has 2 amide bonds. The number of likely N-dealkylation sites (tertiary alicyclic amines) is 1. The molecule has 1 saturated heterocycles. The van der Waals surface area contributed by atoms with Crippen LogP contribution in [0.5, 0.6) is 0 Å². The highest BCUT2D eigenvalue weighted by molar-refractivity contribution is 6.06. The molecule has 1 aliphatic heterocycles. The predicted octanol–water partition coefficient (Wildman–Crippen LogP) is 2.13. The fourth-order valence-corrected chi connectivity index (χ4v) is 2.88. The molecular formula is C13H19NO2. The van der Waals surface area contributed by atoms with Crippen LogP contribution in [0.1, 0.15) is 39.0 Å². The van der Waals surface area contributed by atoms with Gasteiger partial charge in [-0.2, -0.15) is 0 Å². The Bertz CT molecular complexity index is 327. The van der Waals surface area contributed by atoms with E-state index < -0.39 is 0 Å². The molecule has 88 valence electrons. The summed E-state index contributed by atoms with van der Waals surface area (Å²) in [7, 11) is 0. The predicted molar refractivity (Wildman–Crippen MR) is 61.6 cm³/mol. The summed E-state index contributed by atoms with van der Waals surface area (Å²) in [6.45, 7) is 6.18. The summed E-state index contributed by atoms with van der Waals surface area (Å²) >= 11 is 0. The monoisotopic (exact) mass is 221 g/mol. The Morgan fingerprint density at radius 1 is 1.44 bits per heavy atom. The lowest BCUT2D eigenvalue weighted by Crippen LogP contribution is -2.37. The fourth-order valence-electron chi connectivity index (χ4n) is 2.88. The Kier molecular flexibility index (Phi) is 2.87. The van der Waals surface area contributed by atoms with E-state index in [1.165, 1.54) is 4.90 Å². The van der Waals surface area contributed by atoms with Crippen molar-refractivity contribution in [3.63, 3.8) is 0 Å². The summed E-state index contributed by atoms with van der Waals surface area (Å²) in [4.78, 5) is 25.4. The molecule has 0 bridgehead atoms. The Morgan fingerprint density at radius 2 is 2.06 bits per heavy atom. The highest BCUT2D eigenvalue weighted by atomic mass is 16.2. The second kappa shape index (κ2) is 4.04. The first-order valence-electron chi connectivity index (χ1n) is 6.05. The van der Waals surface area contributed by atoms with E-state index in [2.05, 4.69) is 13.5 Å². The normalized spacial score (nSPS) is 34.8. The summed E-state index contributed by atoms with van der Waals surface area (Å²) in [6, 6.07) is 0. The Hall–Kier alpha value is -1.12. The Balaban J connectivity index is 2.16. The van der Waals surface area contributed by atoms with Crippen molar-refractivity contribution >= 4 is 11.8 Å². The van der Waals surface area contributed by atoms with Crippen LogP contribution in [0.3, 0.4) is 0 Å². The lowest BCUT2D eigenvalue weighted by molar-refractivity contribution is -0.141. The summed E-state index contributed by atoms with van der Waals surface area (Å²) in [5.74, 6) is 0.728. The minimum atomic E-state index is -0.355. The first-order valence-corrected chi connectivity index (χ1v) is 6.05. The number of hydrogen-bond donors (Lipinski definition) is 0. The third-order valence-corrected chi connectivity index (χ3v) is 4.03. The van der Waals surface area contributed by atoms with Gasteiger partial charge in [-0.3, -0.25) is 14.5 Å². The molecule has 16 heavy (non-hydrogen) atoms. The van der Waals surface area contributed by atoms with E-state index in [1.54, 1.807) is 6.08 Å². The Labute approximate surface area is 96.5 Å². The first-order chi connectivity index (χ1) is 7.59. The van der Waals surface area contributed by atoms with Gasteiger partial charge >= 0.3 is 0 Å². The molecule has 2 fully saturated rings. The van der Waals surface area contributed by atoms with E-state index in [4.69, 9.17) is 0 Å². The van der Waals surface area contributed by atoms with Crippen LogP contribution in [0.4, 0.5) is 0 Å². The third kappa shape index (κ3) is 1.68.